The van der Waals surface area contributed by atoms with Crippen LogP contribution in [0.4, 0.5) is 0 Å². The zero-order chi connectivity index (χ0) is 28.3. The minimum Gasteiger partial charge on any atom is -0.465 e. The topological polar surface area (TPSA) is 77.4 Å². The van der Waals surface area contributed by atoms with Gasteiger partial charge >= 0.3 is 0 Å². The second kappa shape index (κ2) is 10.5. The van der Waals surface area contributed by atoms with E-state index >= 15 is 0 Å². The SMILES string of the molecule is CC=CC[C@]1(O)CC[C@H]2[C@@H]3CC[C@@]4(O)CC5(CCC4=C3[C@@H](c3ccc(OC4CCCCO4)cc3)C[C@@]21C)OCCO5. The lowest BCUT2D eigenvalue weighted by atomic mass is 9.49. The highest BCUT2D eigenvalue weighted by Gasteiger charge is 2.64. The molecule has 2 heterocycles. The molecule has 0 bridgehead atoms. The second-order valence-electron chi connectivity index (χ2n) is 14.0. The van der Waals surface area contributed by atoms with Crippen molar-refractivity contribution in [3.05, 3.63) is 53.1 Å². The Bertz CT molecular complexity index is 1180. The van der Waals surface area contributed by atoms with Crippen molar-refractivity contribution >= 4 is 0 Å². The molecule has 6 nitrogen and oxygen atoms in total. The van der Waals surface area contributed by atoms with Gasteiger partial charge in [0, 0.05) is 30.6 Å². The Kier molecular flexibility index (Phi) is 7.18. The molecule has 1 aromatic rings. The average molecular weight is 565 g/mol. The molecule has 3 saturated carbocycles. The third-order valence-electron chi connectivity index (χ3n) is 11.9. The summed E-state index contributed by atoms with van der Waals surface area (Å²) in [7, 11) is 0. The highest BCUT2D eigenvalue weighted by atomic mass is 16.7. The van der Waals surface area contributed by atoms with E-state index in [1.54, 1.807) is 0 Å². The van der Waals surface area contributed by atoms with Crippen LogP contribution in [0.5, 0.6) is 5.75 Å². The number of hydrogen-bond donors (Lipinski definition) is 2. The van der Waals surface area contributed by atoms with Crippen molar-refractivity contribution in [3.63, 3.8) is 0 Å². The van der Waals surface area contributed by atoms with Gasteiger partial charge in [-0.25, -0.2) is 0 Å². The molecule has 5 fully saturated rings. The van der Waals surface area contributed by atoms with Gasteiger partial charge in [0.25, 0.3) is 0 Å². The predicted molar refractivity (Wildman–Crippen MR) is 156 cm³/mol. The van der Waals surface area contributed by atoms with E-state index in [1.807, 2.05) is 6.92 Å². The lowest BCUT2D eigenvalue weighted by Crippen LogP contribution is -2.55. The summed E-state index contributed by atoms with van der Waals surface area (Å²) in [6.45, 7) is 6.39. The Morgan fingerprint density at radius 3 is 2.51 bits per heavy atom. The molecule has 224 valence electrons. The molecular weight excluding hydrogens is 516 g/mol. The van der Waals surface area contributed by atoms with E-state index in [9.17, 15) is 10.2 Å². The van der Waals surface area contributed by atoms with E-state index in [1.165, 1.54) is 16.7 Å². The van der Waals surface area contributed by atoms with E-state index in [4.69, 9.17) is 18.9 Å². The molecule has 6 aliphatic rings. The van der Waals surface area contributed by atoms with Gasteiger partial charge in [-0.3, -0.25) is 0 Å². The number of fused-ring (bicyclic) bond motifs is 4. The smallest absolute Gasteiger partial charge is 0.199 e. The Morgan fingerprint density at radius 1 is 0.976 bits per heavy atom. The van der Waals surface area contributed by atoms with Crippen LogP contribution in [-0.4, -0.2) is 53.3 Å². The fourth-order valence-corrected chi connectivity index (χ4v) is 9.79. The van der Waals surface area contributed by atoms with Crippen LogP contribution in [0.2, 0.25) is 0 Å². The Labute approximate surface area is 245 Å². The van der Waals surface area contributed by atoms with Gasteiger partial charge < -0.3 is 29.2 Å². The van der Waals surface area contributed by atoms with E-state index in [-0.39, 0.29) is 17.6 Å². The fraction of sp³-hybridized carbons (Fsp3) is 0.714. The van der Waals surface area contributed by atoms with Gasteiger partial charge in [-0.2, -0.15) is 0 Å². The van der Waals surface area contributed by atoms with Gasteiger partial charge in [-0.1, -0.05) is 36.8 Å². The van der Waals surface area contributed by atoms with Gasteiger partial charge in [0.05, 0.1) is 31.0 Å². The third kappa shape index (κ3) is 4.64. The zero-order valence-electron chi connectivity index (χ0n) is 24.9. The highest BCUT2D eigenvalue weighted by molar-refractivity contribution is 5.45. The molecule has 0 amide bonds. The Balaban J connectivity index is 1.27. The van der Waals surface area contributed by atoms with E-state index in [0.717, 1.165) is 76.6 Å². The van der Waals surface area contributed by atoms with Crippen molar-refractivity contribution in [2.45, 2.75) is 120 Å². The summed E-state index contributed by atoms with van der Waals surface area (Å²) < 4.78 is 24.2. The molecule has 1 aromatic carbocycles. The molecule has 1 unspecified atom stereocenters. The molecule has 2 N–H and O–H groups in total. The van der Waals surface area contributed by atoms with Crippen LogP contribution in [0.1, 0.15) is 102 Å². The summed E-state index contributed by atoms with van der Waals surface area (Å²) in [5.41, 5.74) is 2.16. The van der Waals surface area contributed by atoms with Gasteiger partial charge in [-0.15, -0.1) is 0 Å². The molecule has 2 aliphatic heterocycles. The van der Waals surface area contributed by atoms with Crippen LogP contribution in [0.3, 0.4) is 0 Å². The van der Waals surface area contributed by atoms with Crippen LogP contribution < -0.4 is 4.74 Å². The lowest BCUT2D eigenvalue weighted by molar-refractivity contribution is -0.208. The number of aliphatic hydroxyl groups is 2. The quantitative estimate of drug-likeness (QED) is 0.395. The summed E-state index contributed by atoms with van der Waals surface area (Å²) in [4.78, 5) is 0. The second-order valence-corrected chi connectivity index (χ2v) is 14.0. The van der Waals surface area contributed by atoms with Gasteiger partial charge in [0.2, 0.25) is 0 Å². The van der Waals surface area contributed by atoms with Gasteiger partial charge in [0.15, 0.2) is 12.1 Å². The summed E-state index contributed by atoms with van der Waals surface area (Å²) in [5, 5.41) is 24.5. The first-order valence-electron chi connectivity index (χ1n) is 16.2. The van der Waals surface area contributed by atoms with Crippen LogP contribution in [-0.2, 0) is 14.2 Å². The van der Waals surface area contributed by atoms with Gasteiger partial charge in [0.1, 0.15) is 5.75 Å². The summed E-state index contributed by atoms with van der Waals surface area (Å²) in [6, 6.07) is 8.62. The molecule has 4 aliphatic carbocycles. The highest BCUT2D eigenvalue weighted by Crippen LogP contribution is 2.68. The number of hydrogen-bond acceptors (Lipinski definition) is 6. The maximum Gasteiger partial charge on any atom is 0.199 e. The Hall–Kier alpha value is -1.70. The molecule has 7 rings (SSSR count). The number of ether oxygens (including phenoxy) is 4. The van der Waals surface area contributed by atoms with Crippen LogP contribution in [0.15, 0.2) is 47.6 Å². The van der Waals surface area contributed by atoms with Crippen molar-refractivity contribution < 1.29 is 29.2 Å². The maximum absolute atomic E-state index is 12.3. The Morgan fingerprint density at radius 2 is 1.78 bits per heavy atom. The van der Waals surface area contributed by atoms with E-state index in [0.29, 0.717) is 37.9 Å². The molecule has 2 saturated heterocycles. The standard InChI is InChI=1S/C35H48O6/c1-3-4-15-34(37)17-13-28-26-12-16-33(36)23-35(39-20-21-40-35)18-14-29(33)31(26)27(22-32(28,34)2)24-8-10-25(11-9-24)41-30-7-5-6-19-38-30/h3-4,8-11,26-28,30,36-37H,5-7,12-23H2,1-2H3/t26-,27+,28-,30?,32-,33+,34-/m0/s1. The minimum atomic E-state index is -0.887. The van der Waals surface area contributed by atoms with Crippen LogP contribution in [0, 0.1) is 17.3 Å². The number of benzene rings is 1. The lowest BCUT2D eigenvalue weighted by Gasteiger charge is -2.57. The normalized spacial score (nSPS) is 41.9. The first-order chi connectivity index (χ1) is 19.8. The first kappa shape index (κ1) is 28.1. The van der Waals surface area contributed by atoms with E-state index < -0.39 is 17.0 Å². The first-order valence-corrected chi connectivity index (χ1v) is 16.2. The fourth-order valence-electron chi connectivity index (χ4n) is 9.79. The largest absolute Gasteiger partial charge is 0.465 e. The molecular formula is C35H48O6. The number of allylic oxidation sites excluding steroid dienone is 2. The molecule has 1 spiro atoms. The molecule has 0 aromatic heterocycles. The van der Waals surface area contributed by atoms with Crippen LogP contribution in [0.25, 0.3) is 0 Å². The van der Waals surface area contributed by atoms with Crippen molar-refractivity contribution in [3.8, 4) is 5.75 Å². The molecule has 6 heteroatoms. The zero-order valence-corrected chi connectivity index (χ0v) is 24.9. The number of rotatable bonds is 5. The average Bonchev–Trinajstić information content (AvgIpc) is 3.53. The predicted octanol–water partition coefficient (Wildman–Crippen LogP) is 6.56. The monoisotopic (exact) mass is 564 g/mol. The molecule has 41 heavy (non-hydrogen) atoms. The van der Waals surface area contributed by atoms with Gasteiger partial charge in [-0.05, 0) is 99.8 Å². The molecule has 0 radical (unpaired) electrons. The van der Waals surface area contributed by atoms with Crippen molar-refractivity contribution in [2.24, 2.45) is 17.3 Å². The van der Waals surface area contributed by atoms with Crippen molar-refractivity contribution in [1.82, 2.24) is 0 Å². The minimum absolute atomic E-state index is 0.151. The van der Waals surface area contributed by atoms with Crippen LogP contribution >= 0.6 is 0 Å². The van der Waals surface area contributed by atoms with Crippen molar-refractivity contribution in [2.75, 3.05) is 19.8 Å². The van der Waals surface area contributed by atoms with E-state index in [2.05, 4.69) is 43.3 Å². The maximum atomic E-state index is 12.3. The summed E-state index contributed by atoms with van der Waals surface area (Å²) in [5.74, 6) is 1.15. The van der Waals surface area contributed by atoms with Crippen molar-refractivity contribution in [1.29, 1.82) is 0 Å². The summed E-state index contributed by atoms with van der Waals surface area (Å²) in [6.07, 6.45) is 14.5. The molecule has 7 atom stereocenters. The summed E-state index contributed by atoms with van der Waals surface area (Å²) >= 11 is 0. The third-order valence-corrected chi connectivity index (χ3v) is 11.9.